The second-order valence-electron chi connectivity index (χ2n) is 8.84. The summed E-state index contributed by atoms with van der Waals surface area (Å²) in [4.78, 5) is 14.2. The number of halogens is 2. The SMILES string of the molecule is CN1CCN(Cc2cc3c(NCCNc4nc(N)c(C#N)s4)nc(-c4ccc(Cl)cc4Cl)cn3n2)CC1. The van der Waals surface area contributed by atoms with Crippen LogP contribution in [0.25, 0.3) is 16.8 Å². The molecule has 4 heterocycles. The molecule has 0 bridgehead atoms. The molecule has 0 saturated carbocycles. The third kappa shape index (κ3) is 5.89. The molecule has 3 aromatic heterocycles. The second kappa shape index (κ2) is 11.1. The fourth-order valence-corrected chi connectivity index (χ4v) is 5.36. The van der Waals surface area contributed by atoms with Crippen LogP contribution in [0.2, 0.25) is 10.0 Å². The predicted octanol–water partition coefficient (Wildman–Crippen LogP) is 3.88. The van der Waals surface area contributed by atoms with Crippen LogP contribution in [0.5, 0.6) is 0 Å². The molecule has 1 aliphatic rings. The van der Waals surface area contributed by atoms with Gasteiger partial charge in [-0.1, -0.05) is 34.5 Å². The number of fused-ring (bicyclic) bond motifs is 1. The van der Waals surface area contributed by atoms with E-state index in [9.17, 15) is 0 Å². The summed E-state index contributed by atoms with van der Waals surface area (Å²) in [6, 6.07) is 9.49. The minimum Gasteiger partial charge on any atom is -0.382 e. The summed E-state index contributed by atoms with van der Waals surface area (Å²) in [7, 11) is 2.15. The molecule has 0 amide bonds. The number of likely N-dealkylation sites (N-methyl/N-ethyl adjacent to an activating group) is 1. The number of thiazole rings is 1. The molecule has 10 nitrogen and oxygen atoms in total. The van der Waals surface area contributed by atoms with Crippen LogP contribution in [0.15, 0.2) is 30.5 Å². The number of rotatable bonds is 8. The van der Waals surface area contributed by atoms with Crippen LogP contribution in [0.3, 0.4) is 0 Å². The third-order valence-electron chi connectivity index (χ3n) is 6.14. The minimum atomic E-state index is 0.242. The summed E-state index contributed by atoms with van der Waals surface area (Å²) in [5.74, 6) is 0.935. The number of nitriles is 1. The Morgan fingerprint density at radius 1 is 1.11 bits per heavy atom. The Labute approximate surface area is 228 Å². The number of piperazine rings is 1. The first-order chi connectivity index (χ1) is 17.9. The van der Waals surface area contributed by atoms with Crippen LogP contribution >= 0.6 is 34.5 Å². The molecular weight excluding hydrogens is 531 g/mol. The lowest BCUT2D eigenvalue weighted by Gasteiger charge is -2.31. The van der Waals surface area contributed by atoms with E-state index >= 15 is 0 Å². The summed E-state index contributed by atoms with van der Waals surface area (Å²) in [5.41, 5.74) is 9.07. The largest absolute Gasteiger partial charge is 0.382 e. The van der Waals surface area contributed by atoms with Crippen molar-refractivity contribution in [2.75, 3.05) is 62.7 Å². The van der Waals surface area contributed by atoms with Crippen LogP contribution in [-0.2, 0) is 6.54 Å². The minimum absolute atomic E-state index is 0.242. The van der Waals surface area contributed by atoms with Gasteiger partial charge >= 0.3 is 0 Å². The number of nitrogens with two attached hydrogens (primary N) is 1. The van der Waals surface area contributed by atoms with Crippen LogP contribution < -0.4 is 16.4 Å². The molecule has 5 rings (SSSR count). The molecule has 4 aromatic rings. The number of nitrogen functional groups attached to an aromatic ring is 1. The quantitative estimate of drug-likeness (QED) is 0.277. The van der Waals surface area contributed by atoms with E-state index < -0.39 is 0 Å². The van der Waals surface area contributed by atoms with Crippen molar-refractivity contribution in [3.63, 3.8) is 0 Å². The zero-order valence-electron chi connectivity index (χ0n) is 20.2. The maximum Gasteiger partial charge on any atom is 0.186 e. The maximum atomic E-state index is 9.09. The van der Waals surface area contributed by atoms with Crippen molar-refractivity contribution >= 4 is 56.8 Å². The Balaban J connectivity index is 1.38. The Bertz CT molecular complexity index is 1450. The van der Waals surface area contributed by atoms with E-state index in [1.54, 1.807) is 12.1 Å². The first-order valence-corrected chi connectivity index (χ1v) is 13.4. The highest BCUT2D eigenvalue weighted by atomic mass is 35.5. The molecule has 0 aliphatic carbocycles. The molecule has 1 aliphatic heterocycles. The molecule has 37 heavy (non-hydrogen) atoms. The lowest BCUT2D eigenvalue weighted by atomic mass is 10.1. The predicted molar refractivity (Wildman–Crippen MR) is 149 cm³/mol. The fourth-order valence-electron chi connectivity index (χ4n) is 4.15. The average molecular weight is 558 g/mol. The summed E-state index contributed by atoms with van der Waals surface area (Å²) < 4.78 is 1.86. The van der Waals surface area contributed by atoms with Crippen LogP contribution in [0.1, 0.15) is 10.6 Å². The molecule has 0 atom stereocenters. The summed E-state index contributed by atoms with van der Waals surface area (Å²) in [5, 5.41) is 22.3. The van der Waals surface area contributed by atoms with E-state index in [1.807, 2.05) is 22.8 Å². The molecule has 4 N–H and O–H groups in total. The van der Waals surface area contributed by atoms with Gasteiger partial charge in [0.2, 0.25) is 0 Å². The van der Waals surface area contributed by atoms with E-state index in [4.69, 9.17) is 44.3 Å². The molecule has 0 radical (unpaired) electrons. The number of benzene rings is 1. The smallest absolute Gasteiger partial charge is 0.186 e. The van der Waals surface area contributed by atoms with E-state index in [1.165, 1.54) is 11.3 Å². The molecule has 192 valence electrons. The molecule has 0 spiro atoms. The van der Waals surface area contributed by atoms with Gasteiger partial charge in [-0.25, -0.2) is 14.5 Å². The van der Waals surface area contributed by atoms with Crippen LogP contribution in [0.4, 0.5) is 16.8 Å². The van der Waals surface area contributed by atoms with Crippen molar-refractivity contribution in [2.24, 2.45) is 0 Å². The van der Waals surface area contributed by atoms with E-state index in [0.29, 0.717) is 44.7 Å². The molecule has 1 aromatic carbocycles. The third-order valence-corrected chi connectivity index (χ3v) is 7.62. The maximum absolute atomic E-state index is 9.09. The highest BCUT2D eigenvalue weighted by molar-refractivity contribution is 7.16. The lowest BCUT2D eigenvalue weighted by Crippen LogP contribution is -2.43. The first kappa shape index (κ1) is 25.5. The summed E-state index contributed by atoms with van der Waals surface area (Å²) >= 11 is 13.8. The van der Waals surface area contributed by atoms with Gasteiger partial charge in [0.15, 0.2) is 16.8 Å². The molecule has 1 saturated heterocycles. The van der Waals surface area contributed by atoms with E-state index in [-0.39, 0.29) is 5.82 Å². The van der Waals surface area contributed by atoms with Crippen molar-refractivity contribution in [3.05, 3.63) is 51.1 Å². The normalized spacial score (nSPS) is 14.6. The summed E-state index contributed by atoms with van der Waals surface area (Å²) in [6.07, 6.45) is 1.89. The number of hydrogen-bond acceptors (Lipinski definition) is 10. The second-order valence-corrected chi connectivity index (χ2v) is 10.7. The number of hydrogen-bond donors (Lipinski definition) is 3. The molecule has 1 fully saturated rings. The average Bonchev–Trinajstić information content (AvgIpc) is 3.45. The molecule has 13 heteroatoms. The monoisotopic (exact) mass is 556 g/mol. The zero-order chi connectivity index (χ0) is 25.9. The van der Waals surface area contributed by atoms with Crippen molar-refractivity contribution < 1.29 is 0 Å². The fraction of sp³-hybridized carbons (Fsp3) is 0.333. The zero-order valence-corrected chi connectivity index (χ0v) is 22.5. The van der Waals surface area contributed by atoms with Crippen molar-refractivity contribution in [3.8, 4) is 17.3 Å². The van der Waals surface area contributed by atoms with Crippen molar-refractivity contribution in [2.45, 2.75) is 6.54 Å². The summed E-state index contributed by atoms with van der Waals surface area (Å²) in [6.45, 7) is 6.02. The van der Waals surface area contributed by atoms with Gasteiger partial charge in [0.25, 0.3) is 0 Å². The standard InChI is InChI=1S/C24H26Cl2N10S/c1-34-6-8-35(9-7-34)13-16-11-20-23(29-4-5-30-24-32-22(28)21(12-27)37-24)31-19(14-36(20)33-16)17-3-2-15(25)10-18(17)26/h2-3,10-11,14H,4-9,13,28H2,1H3,(H,29,31)(H,30,32). The van der Waals surface area contributed by atoms with Gasteiger partial charge in [0.05, 0.1) is 22.6 Å². The highest BCUT2D eigenvalue weighted by Crippen LogP contribution is 2.31. The van der Waals surface area contributed by atoms with Gasteiger partial charge in [-0.2, -0.15) is 10.4 Å². The number of anilines is 3. The van der Waals surface area contributed by atoms with Gasteiger partial charge in [0.1, 0.15) is 16.5 Å². The van der Waals surface area contributed by atoms with E-state index in [2.05, 4.69) is 38.5 Å². The highest BCUT2D eigenvalue weighted by Gasteiger charge is 2.18. The van der Waals surface area contributed by atoms with Gasteiger partial charge < -0.3 is 21.3 Å². The van der Waals surface area contributed by atoms with Gasteiger partial charge in [-0.15, -0.1) is 0 Å². The Kier molecular flexibility index (Phi) is 7.64. The van der Waals surface area contributed by atoms with Crippen molar-refractivity contribution in [1.82, 2.24) is 29.4 Å². The Morgan fingerprint density at radius 2 is 1.89 bits per heavy atom. The number of nitrogens with zero attached hydrogens (tertiary/aromatic N) is 7. The first-order valence-electron chi connectivity index (χ1n) is 11.8. The number of aromatic nitrogens is 4. The van der Waals surface area contributed by atoms with Gasteiger partial charge in [-0.3, -0.25) is 4.90 Å². The lowest BCUT2D eigenvalue weighted by molar-refractivity contribution is 0.147. The topological polar surface area (TPSA) is 123 Å². The number of nitrogens with one attached hydrogen (secondary N) is 2. The van der Waals surface area contributed by atoms with Gasteiger partial charge in [0, 0.05) is 56.4 Å². The Hall–Kier alpha value is -3.14. The van der Waals surface area contributed by atoms with Gasteiger partial charge in [-0.05, 0) is 31.3 Å². The van der Waals surface area contributed by atoms with Crippen molar-refractivity contribution in [1.29, 1.82) is 5.26 Å². The molecular formula is C24H26Cl2N10S. The van der Waals surface area contributed by atoms with E-state index in [0.717, 1.165) is 49.5 Å². The Morgan fingerprint density at radius 3 is 2.62 bits per heavy atom. The molecule has 0 unspecified atom stereocenters. The van der Waals surface area contributed by atoms with Crippen LogP contribution in [0, 0.1) is 11.3 Å². The van der Waals surface area contributed by atoms with Crippen LogP contribution in [-0.4, -0.2) is 75.7 Å².